The summed E-state index contributed by atoms with van der Waals surface area (Å²) < 4.78 is 4.65. The molecule has 0 aliphatic rings. The van der Waals surface area contributed by atoms with E-state index in [9.17, 15) is 4.79 Å². The molecular formula is C12H18N2O3. The first kappa shape index (κ1) is 13.3. The summed E-state index contributed by atoms with van der Waals surface area (Å²) in [7, 11) is 3.13. The number of carbonyl (C=O) groups is 1. The predicted molar refractivity (Wildman–Crippen MR) is 67.1 cm³/mol. The molecule has 0 aliphatic heterocycles. The molecule has 0 fully saturated rings. The quantitative estimate of drug-likeness (QED) is 0.601. The number of esters is 1. The van der Waals surface area contributed by atoms with Crippen molar-refractivity contribution >= 4 is 17.3 Å². The first-order valence-electron chi connectivity index (χ1n) is 5.33. The van der Waals surface area contributed by atoms with Crippen LogP contribution in [0, 0.1) is 0 Å². The summed E-state index contributed by atoms with van der Waals surface area (Å²) >= 11 is 0. The zero-order chi connectivity index (χ0) is 13.0. The Morgan fingerprint density at radius 2 is 2.24 bits per heavy atom. The first-order valence-corrected chi connectivity index (χ1v) is 5.33. The number of para-hydroxylation sites is 1. The average molecular weight is 238 g/mol. The van der Waals surface area contributed by atoms with E-state index in [1.807, 2.05) is 18.9 Å². The average Bonchev–Trinajstić information content (AvgIpc) is 2.36. The van der Waals surface area contributed by atoms with E-state index in [2.05, 4.69) is 4.74 Å². The third kappa shape index (κ3) is 2.68. The zero-order valence-corrected chi connectivity index (χ0v) is 10.3. The smallest absolute Gasteiger partial charge is 0.340 e. The Balaban J connectivity index is 3.14. The molecule has 94 valence electrons. The van der Waals surface area contributed by atoms with Gasteiger partial charge < -0.3 is 20.5 Å². The monoisotopic (exact) mass is 238 g/mol. The van der Waals surface area contributed by atoms with Crippen molar-refractivity contribution in [2.75, 3.05) is 31.4 Å². The van der Waals surface area contributed by atoms with Gasteiger partial charge in [-0.2, -0.15) is 0 Å². The maximum Gasteiger partial charge on any atom is 0.340 e. The second-order valence-corrected chi connectivity index (χ2v) is 3.87. The van der Waals surface area contributed by atoms with Crippen molar-refractivity contribution in [2.24, 2.45) is 0 Å². The number of methoxy groups -OCH3 is 1. The number of nitrogens with two attached hydrogens (primary N) is 1. The van der Waals surface area contributed by atoms with E-state index in [0.29, 0.717) is 16.9 Å². The van der Waals surface area contributed by atoms with Crippen molar-refractivity contribution < 1.29 is 14.6 Å². The molecule has 1 unspecified atom stereocenters. The maximum atomic E-state index is 11.5. The number of nitrogens with zero attached hydrogens (tertiary/aromatic N) is 1. The molecule has 0 saturated carbocycles. The van der Waals surface area contributed by atoms with E-state index in [1.165, 1.54) is 7.11 Å². The molecule has 3 N–H and O–H groups in total. The number of nitrogen functional groups attached to an aromatic ring is 1. The van der Waals surface area contributed by atoms with Crippen LogP contribution in [-0.2, 0) is 4.74 Å². The summed E-state index contributed by atoms with van der Waals surface area (Å²) in [5.41, 5.74) is 7.33. The lowest BCUT2D eigenvalue weighted by Crippen LogP contribution is -2.32. The van der Waals surface area contributed by atoms with Gasteiger partial charge >= 0.3 is 5.97 Å². The third-order valence-electron chi connectivity index (χ3n) is 2.79. The number of aliphatic hydroxyl groups is 1. The highest BCUT2D eigenvalue weighted by atomic mass is 16.5. The van der Waals surface area contributed by atoms with Gasteiger partial charge in [0.15, 0.2) is 0 Å². The topological polar surface area (TPSA) is 75.8 Å². The summed E-state index contributed by atoms with van der Waals surface area (Å²) in [6, 6.07) is 5.07. The minimum atomic E-state index is -0.464. The number of carbonyl (C=O) groups excluding carboxylic acids is 1. The van der Waals surface area contributed by atoms with Crippen molar-refractivity contribution in [1.82, 2.24) is 0 Å². The van der Waals surface area contributed by atoms with Crippen LogP contribution < -0.4 is 10.6 Å². The lowest BCUT2D eigenvalue weighted by atomic mass is 10.1. The molecule has 0 amide bonds. The van der Waals surface area contributed by atoms with Gasteiger partial charge in [-0.15, -0.1) is 0 Å². The van der Waals surface area contributed by atoms with Gasteiger partial charge in [0.05, 0.1) is 30.7 Å². The fourth-order valence-corrected chi connectivity index (χ4v) is 1.51. The van der Waals surface area contributed by atoms with Crippen molar-refractivity contribution in [3.05, 3.63) is 23.8 Å². The Morgan fingerprint density at radius 3 is 2.76 bits per heavy atom. The van der Waals surface area contributed by atoms with Crippen LogP contribution in [0.4, 0.5) is 11.4 Å². The van der Waals surface area contributed by atoms with Crippen LogP contribution in [0.25, 0.3) is 0 Å². The van der Waals surface area contributed by atoms with Gasteiger partial charge in [0.25, 0.3) is 0 Å². The number of ether oxygens (including phenoxy) is 1. The molecule has 1 rings (SSSR count). The summed E-state index contributed by atoms with van der Waals surface area (Å²) in [5, 5.41) is 9.11. The van der Waals surface area contributed by atoms with Crippen LogP contribution in [-0.4, -0.2) is 37.9 Å². The predicted octanol–water partition coefficient (Wildman–Crippen LogP) is 0.872. The Bertz CT molecular complexity index is 407. The standard InChI is InChI=1S/C12H18N2O3/c1-8(7-15)14(2)10-6-4-5-9(11(10)13)12(16)17-3/h4-6,8,15H,7,13H2,1-3H3. The number of benzene rings is 1. The second-order valence-electron chi connectivity index (χ2n) is 3.87. The number of likely N-dealkylation sites (N-methyl/N-ethyl adjacent to an activating group) is 1. The van der Waals surface area contributed by atoms with Gasteiger partial charge in [0.2, 0.25) is 0 Å². The molecule has 0 bridgehead atoms. The van der Waals surface area contributed by atoms with Crippen LogP contribution in [0.15, 0.2) is 18.2 Å². The van der Waals surface area contributed by atoms with Crippen molar-refractivity contribution in [1.29, 1.82) is 0 Å². The normalized spacial score (nSPS) is 12.0. The SMILES string of the molecule is COC(=O)c1cccc(N(C)C(C)CO)c1N. The number of rotatable bonds is 4. The van der Waals surface area contributed by atoms with Crippen LogP contribution in [0.5, 0.6) is 0 Å². The minimum Gasteiger partial charge on any atom is -0.465 e. The third-order valence-corrected chi connectivity index (χ3v) is 2.79. The van der Waals surface area contributed by atoms with Gasteiger partial charge in [-0.05, 0) is 19.1 Å². The Kier molecular flexibility index (Phi) is 4.34. The molecular weight excluding hydrogens is 220 g/mol. The molecule has 17 heavy (non-hydrogen) atoms. The first-order chi connectivity index (χ1) is 8.02. The van der Waals surface area contributed by atoms with Crippen LogP contribution in [0.3, 0.4) is 0 Å². The number of hydrogen-bond acceptors (Lipinski definition) is 5. The van der Waals surface area contributed by atoms with Crippen LogP contribution >= 0.6 is 0 Å². The molecule has 1 aromatic carbocycles. The molecule has 0 aromatic heterocycles. The second kappa shape index (κ2) is 5.54. The number of anilines is 2. The molecule has 0 spiro atoms. The van der Waals surface area contributed by atoms with Gasteiger partial charge in [-0.25, -0.2) is 4.79 Å². The highest BCUT2D eigenvalue weighted by Gasteiger charge is 2.17. The highest BCUT2D eigenvalue weighted by molar-refractivity contribution is 5.98. The van der Waals surface area contributed by atoms with E-state index in [4.69, 9.17) is 10.8 Å². The van der Waals surface area contributed by atoms with Crippen LogP contribution in [0.1, 0.15) is 17.3 Å². The largest absolute Gasteiger partial charge is 0.465 e. The van der Waals surface area contributed by atoms with Crippen molar-refractivity contribution in [3.8, 4) is 0 Å². The number of hydrogen-bond donors (Lipinski definition) is 2. The van der Waals surface area contributed by atoms with E-state index in [-0.39, 0.29) is 12.6 Å². The van der Waals surface area contributed by atoms with E-state index in [0.717, 1.165) is 0 Å². The zero-order valence-electron chi connectivity index (χ0n) is 10.3. The molecule has 1 atom stereocenters. The fraction of sp³-hybridized carbons (Fsp3) is 0.417. The van der Waals surface area contributed by atoms with E-state index in [1.54, 1.807) is 18.2 Å². The van der Waals surface area contributed by atoms with E-state index < -0.39 is 5.97 Å². The van der Waals surface area contributed by atoms with Gasteiger partial charge in [-0.1, -0.05) is 6.07 Å². The molecule has 5 nitrogen and oxygen atoms in total. The van der Waals surface area contributed by atoms with Gasteiger partial charge in [0, 0.05) is 13.1 Å². The Morgan fingerprint density at radius 1 is 1.59 bits per heavy atom. The summed E-state index contributed by atoms with van der Waals surface area (Å²) in [5.74, 6) is -0.464. The molecule has 0 aliphatic carbocycles. The van der Waals surface area contributed by atoms with Crippen molar-refractivity contribution in [3.63, 3.8) is 0 Å². The summed E-state index contributed by atoms with van der Waals surface area (Å²) in [6.45, 7) is 1.88. The minimum absolute atomic E-state index is 0.0123. The molecule has 5 heteroatoms. The maximum absolute atomic E-state index is 11.5. The fourth-order valence-electron chi connectivity index (χ4n) is 1.51. The lowest BCUT2D eigenvalue weighted by Gasteiger charge is -2.27. The molecule has 0 saturated heterocycles. The summed E-state index contributed by atoms with van der Waals surface area (Å²) in [4.78, 5) is 13.3. The lowest BCUT2D eigenvalue weighted by molar-refractivity contribution is 0.0602. The Labute approximate surface area is 101 Å². The molecule has 0 radical (unpaired) electrons. The van der Waals surface area contributed by atoms with Crippen molar-refractivity contribution in [2.45, 2.75) is 13.0 Å². The van der Waals surface area contributed by atoms with Gasteiger partial charge in [0.1, 0.15) is 0 Å². The van der Waals surface area contributed by atoms with Gasteiger partial charge in [-0.3, -0.25) is 0 Å². The summed E-state index contributed by atoms with van der Waals surface area (Å²) in [6.07, 6.45) is 0. The number of aliphatic hydroxyl groups excluding tert-OH is 1. The highest BCUT2D eigenvalue weighted by Crippen LogP contribution is 2.27. The Hall–Kier alpha value is -1.75. The van der Waals surface area contributed by atoms with E-state index >= 15 is 0 Å². The van der Waals surface area contributed by atoms with Crippen LogP contribution in [0.2, 0.25) is 0 Å². The molecule has 0 heterocycles. The molecule has 1 aromatic rings.